The van der Waals surface area contributed by atoms with Gasteiger partial charge in [-0.15, -0.1) is 5.10 Å². The lowest BCUT2D eigenvalue weighted by Gasteiger charge is -2.24. The van der Waals surface area contributed by atoms with Crippen LogP contribution in [0.2, 0.25) is 0 Å². The molecule has 66 valence electrons. The largest absolute Gasteiger partial charge is 0.387 e. The lowest BCUT2D eigenvalue weighted by atomic mass is 9.93. The third-order valence-corrected chi connectivity index (χ3v) is 2.40. The van der Waals surface area contributed by atoms with Gasteiger partial charge in [0.05, 0.1) is 18.3 Å². The van der Waals surface area contributed by atoms with Crippen molar-refractivity contribution in [3.8, 4) is 0 Å². The van der Waals surface area contributed by atoms with E-state index in [-0.39, 0.29) is 0 Å². The first kappa shape index (κ1) is 7.73. The van der Waals surface area contributed by atoms with Crippen molar-refractivity contribution in [1.82, 2.24) is 15.0 Å². The molecule has 12 heavy (non-hydrogen) atoms. The van der Waals surface area contributed by atoms with Gasteiger partial charge in [-0.1, -0.05) is 5.21 Å². The average Bonchev–Trinajstić information content (AvgIpc) is 2.32. The predicted octanol–water partition coefficient (Wildman–Crippen LogP) is 1.06. The van der Waals surface area contributed by atoms with E-state index in [2.05, 4.69) is 10.3 Å². The summed E-state index contributed by atoms with van der Waals surface area (Å²) in [6.07, 6.45) is 5.02. The van der Waals surface area contributed by atoms with E-state index in [1.807, 2.05) is 10.9 Å². The van der Waals surface area contributed by atoms with Crippen LogP contribution in [0.25, 0.3) is 0 Å². The summed E-state index contributed by atoms with van der Waals surface area (Å²) in [6.45, 7) is 1.70. The predicted molar refractivity (Wildman–Crippen MR) is 43.5 cm³/mol. The molecule has 0 bridgehead atoms. The van der Waals surface area contributed by atoms with Crippen molar-refractivity contribution < 1.29 is 5.11 Å². The molecular formula is C8H13N3O. The fraction of sp³-hybridized carbons (Fsp3) is 0.750. The maximum atomic E-state index is 9.19. The third-order valence-electron chi connectivity index (χ3n) is 2.40. The summed E-state index contributed by atoms with van der Waals surface area (Å²) in [6, 6.07) is 0.532. The lowest BCUT2D eigenvalue weighted by Crippen LogP contribution is -2.17. The maximum Gasteiger partial charge on any atom is 0.111 e. The van der Waals surface area contributed by atoms with Crippen molar-refractivity contribution in [2.24, 2.45) is 0 Å². The van der Waals surface area contributed by atoms with Gasteiger partial charge in [-0.25, -0.2) is 4.68 Å². The standard InChI is InChI=1S/C8H13N3O/c1-6(12)8-5-11(10-9-8)7-3-2-4-7/h5-7,12H,2-4H2,1H3/t6-/m1/s1. The minimum Gasteiger partial charge on any atom is -0.387 e. The minimum absolute atomic E-state index is 0.501. The lowest BCUT2D eigenvalue weighted by molar-refractivity contribution is 0.194. The molecule has 4 heteroatoms. The molecule has 1 aliphatic rings. The molecule has 0 saturated heterocycles. The summed E-state index contributed by atoms with van der Waals surface area (Å²) >= 11 is 0. The molecule has 1 saturated carbocycles. The van der Waals surface area contributed by atoms with Gasteiger partial charge in [-0.2, -0.15) is 0 Å². The second kappa shape index (κ2) is 2.86. The monoisotopic (exact) mass is 167 g/mol. The average molecular weight is 167 g/mol. The molecule has 0 unspecified atom stereocenters. The molecule has 0 spiro atoms. The van der Waals surface area contributed by atoms with Gasteiger partial charge in [0.25, 0.3) is 0 Å². The van der Waals surface area contributed by atoms with E-state index < -0.39 is 6.10 Å². The van der Waals surface area contributed by atoms with Crippen molar-refractivity contribution in [2.45, 2.75) is 38.3 Å². The van der Waals surface area contributed by atoms with E-state index >= 15 is 0 Å². The Labute approximate surface area is 71.2 Å². The van der Waals surface area contributed by atoms with Crippen molar-refractivity contribution in [3.05, 3.63) is 11.9 Å². The molecule has 1 aliphatic carbocycles. The molecular weight excluding hydrogens is 154 g/mol. The van der Waals surface area contributed by atoms with Crippen LogP contribution < -0.4 is 0 Å². The van der Waals surface area contributed by atoms with Gasteiger partial charge in [0, 0.05) is 0 Å². The van der Waals surface area contributed by atoms with Crippen LogP contribution in [0.15, 0.2) is 6.20 Å². The Morgan fingerprint density at radius 2 is 2.42 bits per heavy atom. The molecule has 1 N–H and O–H groups in total. The topological polar surface area (TPSA) is 50.9 Å². The number of aromatic nitrogens is 3. The van der Waals surface area contributed by atoms with E-state index in [9.17, 15) is 5.11 Å². The first-order chi connectivity index (χ1) is 5.77. The summed E-state index contributed by atoms with van der Waals surface area (Å²) in [4.78, 5) is 0. The molecule has 1 heterocycles. The van der Waals surface area contributed by atoms with Crippen molar-refractivity contribution >= 4 is 0 Å². The van der Waals surface area contributed by atoms with Crippen LogP contribution in [-0.4, -0.2) is 20.1 Å². The second-order valence-corrected chi connectivity index (χ2v) is 3.38. The third kappa shape index (κ3) is 1.22. The van der Waals surface area contributed by atoms with Crippen LogP contribution in [0.3, 0.4) is 0 Å². The number of aliphatic hydroxyl groups is 1. The van der Waals surface area contributed by atoms with E-state index in [4.69, 9.17) is 0 Å². The Morgan fingerprint density at radius 3 is 2.83 bits per heavy atom. The quantitative estimate of drug-likeness (QED) is 0.716. The maximum absolute atomic E-state index is 9.19. The number of hydrogen-bond donors (Lipinski definition) is 1. The molecule has 1 aromatic heterocycles. The van der Waals surface area contributed by atoms with E-state index in [0.29, 0.717) is 11.7 Å². The van der Waals surface area contributed by atoms with Crippen molar-refractivity contribution in [1.29, 1.82) is 0 Å². The fourth-order valence-electron chi connectivity index (χ4n) is 1.31. The summed E-state index contributed by atoms with van der Waals surface area (Å²) in [5.41, 5.74) is 0.668. The zero-order valence-electron chi connectivity index (χ0n) is 7.14. The summed E-state index contributed by atoms with van der Waals surface area (Å²) in [7, 11) is 0. The Balaban J connectivity index is 2.12. The molecule has 1 aromatic rings. The smallest absolute Gasteiger partial charge is 0.111 e. The number of aliphatic hydroxyl groups excluding tert-OH is 1. The zero-order valence-corrected chi connectivity index (χ0v) is 7.14. The highest BCUT2D eigenvalue weighted by Gasteiger charge is 2.21. The van der Waals surface area contributed by atoms with Gasteiger partial charge in [0.2, 0.25) is 0 Å². The van der Waals surface area contributed by atoms with Gasteiger partial charge >= 0.3 is 0 Å². The van der Waals surface area contributed by atoms with Gasteiger partial charge in [-0.3, -0.25) is 0 Å². The molecule has 0 radical (unpaired) electrons. The summed E-state index contributed by atoms with van der Waals surface area (Å²) in [5.74, 6) is 0. The Bertz CT molecular complexity index is 265. The molecule has 0 aromatic carbocycles. The minimum atomic E-state index is -0.501. The molecule has 0 amide bonds. The number of nitrogens with zero attached hydrogens (tertiary/aromatic N) is 3. The van der Waals surface area contributed by atoms with Gasteiger partial charge in [0.1, 0.15) is 5.69 Å². The molecule has 1 fully saturated rings. The van der Waals surface area contributed by atoms with Crippen molar-refractivity contribution in [3.63, 3.8) is 0 Å². The number of rotatable bonds is 2. The van der Waals surface area contributed by atoms with Crippen LogP contribution in [0, 0.1) is 0 Å². The highest BCUT2D eigenvalue weighted by Crippen LogP contribution is 2.30. The Kier molecular flexibility index (Phi) is 1.84. The summed E-state index contributed by atoms with van der Waals surface area (Å²) in [5, 5.41) is 17.0. The van der Waals surface area contributed by atoms with Crippen LogP contribution in [0.5, 0.6) is 0 Å². The molecule has 0 aliphatic heterocycles. The van der Waals surface area contributed by atoms with E-state index in [1.54, 1.807) is 6.92 Å². The normalized spacial score (nSPS) is 20.5. The Morgan fingerprint density at radius 1 is 1.67 bits per heavy atom. The van der Waals surface area contributed by atoms with Gasteiger partial charge in [0.15, 0.2) is 0 Å². The van der Waals surface area contributed by atoms with E-state index in [0.717, 1.165) is 0 Å². The molecule has 2 rings (SSSR count). The van der Waals surface area contributed by atoms with Crippen molar-refractivity contribution in [2.75, 3.05) is 0 Å². The van der Waals surface area contributed by atoms with Crippen LogP contribution in [0.1, 0.15) is 44.0 Å². The van der Waals surface area contributed by atoms with Gasteiger partial charge < -0.3 is 5.11 Å². The Hall–Kier alpha value is -0.900. The summed E-state index contributed by atoms with van der Waals surface area (Å²) < 4.78 is 1.87. The van der Waals surface area contributed by atoms with Crippen LogP contribution >= 0.6 is 0 Å². The zero-order chi connectivity index (χ0) is 8.55. The fourth-order valence-corrected chi connectivity index (χ4v) is 1.31. The van der Waals surface area contributed by atoms with Gasteiger partial charge in [-0.05, 0) is 26.2 Å². The molecule has 1 atom stereocenters. The molecule has 4 nitrogen and oxygen atoms in total. The van der Waals surface area contributed by atoms with Crippen LogP contribution in [-0.2, 0) is 0 Å². The number of hydrogen-bond acceptors (Lipinski definition) is 3. The second-order valence-electron chi connectivity index (χ2n) is 3.38. The van der Waals surface area contributed by atoms with E-state index in [1.165, 1.54) is 19.3 Å². The highest BCUT2D eigenvalue weighted by molar-refractivity contribution is 4.97. The SMILES string of the molecule is C[C@@H](O)c1cn(C2CCC2)nn1. The first-order valence-electron chi connectivity index (χ1n) is 4.37. The van der Waals surface area contributed by atoms with Crippen LogP contribution in [0.4, 0.5) is 0 Å². The first-order valence-corrected chi connectivity index (χ1v) is 4.37. The highest BCUT2D eigenvalue weighted by atomic mass is 16.3.